The molecule has 1 fully saturated rings. The lowest BCUT2D eigenvalue weighted by Gasteiger charge is -2.34. The summed E-state index contributed by atoms with van der Waals surface area (Å²) in [4.78, 5) is 30.8. The van der Waals surface area contributed by atoms with Crippen LogP contribution >= 0.6 is 0 Å². The number of benzene rings is 1. The van der Waals surface area contributed by atoms with E-state index in [4.69, 9.17) is 9.47 Å². The number of sulfonamides is 1. The van der Waals surface area contributed by atoms with E-state index in [1.165, 1.54) is 11.4 Å². The normalized spacial score (nSPS) is 14.8. The minimum Gasteiger partial charge on any atom is -0.497 e. The van der Waals surface area contributed by atoms with Gasteiger partial charge in [0.15, 0.2) is 0 Å². The van der Waals surface area contributed by atoms with Crippen LogP contribution in [0.3, 0.4) is 0 Å². The van der Waals surface area contributed by atoms with Gasteiger partial charge < -0.3 is 24.2 Å². The lowest BCUT2D eigenvalue weighted by atomic mass is 9.96. The Morgan fingerprint density at radius 1 is 1.08 bits per heavy atom. The van der Waals surface area contributed by atoms with Crippen molar-refractivity contribution >= 4 is 21.8 Å². The van der Waals surface area contributed by atoms with Gasteiger partial charge in [-0.15, -0.1) is 0 Å². The Bertz CT molecular complexity index is 1040. The van der Waals surface area contributed by atoms with E-state index in [9.17, 15) is 18.0 Å². The zero-order valence-electron chi connectivity index (χ0n) is 24.2. The van der Waals surface area contributed by atoms with Crippen molar-refractivity contribution in [1.82, 2.24) is 19.0 Å². The zero-order chi connectivity index (χ0) is 28.5. The van der Waals surface area contributed by atoms with Gasteiger partial charge in [0.1, 0.15) is 12.4 Å². The number of carbonyl (C=O) groups is 2. The van der Waals surface area contributed by atoms with Crippen molar-refractivity contribution in [3.63, 3.8) is 0 Å². The maximum Gasteiger partial charge on any atom is 0.248 e. The first-order valence-electron chi connectivity index (χ1n) is 13.3. The molecular formula is C27H46N4O6S. The summed E-state index contributed by atoms with van der Waals surface area (Å²) in [5, 5.41) is 0. The standard InChI is InChI=1S/C27H46N4O6S/c1-8-23-18-24(36-7)17-21(2)27(23)38(34,35)30(6)15-16-37-20-26(33)29(5)19-22-9-13-31(14-10-22)25(32)11-12-28(3)4/h17-18,22H,8-16,19-20H2,1-7H3. The van der Waals surface area contributed by atoms with Crippen molar-refractivity contribution in [1.29, 1.82) is 0 Å². The van der Waals surface area contributed by atoms with Crippen LogP contribution in [0.1, 0.15) is 37.3 Å². The number of likely N-dealkylation sites (N-methyl/N-ethyl adjacent to an activating group) is 2. The van der Waals surface area contributed by atoms with Crippen LogP contribution in [0.15, 0.2) is 17.0 Å². The van der Waals surface area contributed by atoms with E-state index in [0.717, 1.165) is 32.5 Å². The molecule has 10 nitrogen and oxygen atoms in total. The molecule has 2 rings (SSSR count). The second-order valence-electron chi connectivity index (χ2n) is 10.3. The van der Waals surface area contributed by atoms with Crippen LogP contribution in [0.25, 0.3) is 0 Å². The number of carbonyl (C=O) groups excluding carboxylic acids is 2. The zero-order valence-corrected chi connectivity index (χ0v) is 25.0. The summed E-state index contributed by atoms with van der Waals surface area (Å²) >= 11 is 0. The van der Waals surface area contributed by atoms with Crippen molar-refractivity contribution in [2.45, 2.75) is 44.4 Å². The topological polar surface area (TPSA) is 99.7 Å². The number of ether oxygens (including phenoxy) is 2. The van der Waals surface area contributed by atoms with Crippen molar-refractivity contribution in [3.8, 4) is 5.75 Å². The molecule has 0 atom stereocenters. The van der Waals surface area contributed by atoms with Crippen LogP contribution in [0, 0.1) is 12.8 Å². The minimum absolute atomic E-state index is 0.103. The molecule has 38 heavy (non-hydrogen) atoms. The number of piperidine rings is 1. The molecule has 0 radical (unpaired) electrons. The van der Waals surface area contributed by atoms with Gasteiger partial charge in [-0.05, 0) is 69.5 Å². The van der Waals surface area contributed by atoms with Crippen molar-refractivity contribution < 1.29 is 27.5 Å². The van der Waals surface area contributed by atoms with Gasteiger partial charge in [-0.3, -0.25) is 9.59 Å². The molecule has 1 heterocycles. The molecule has 0 bridgehead atoms. The van der Waals surface area contributed by atoms with Gasteiger partial charge in [-0.2, -0.15) is 4.31 Å². The molecule has 2 amide bonds. The molecule has 0 aromatic heterocycles. The number of methoxy groups -OCH3 is 1. The number of hydrogen-bond acceptors (Lipinski definition) is 7. The van der Waals surface area contributed by atoms with E-state index in [-0.39, 0.29) is 31.6 Å². The monoisotopic (exact) mass is 554 g/mol. The summed E-state index contributed by atoms with van der Waals surface area (Å²) < 4.78 is 38.6. The molecule has 0 N–H and O–H groups in total. The summed E-state index contributed by atoms with van der Waals surface area (Å²) in [6.45, 7) is 6.63. The molecular weight excluding hydrogens is 508 g/mol. The molecule has 1 saturated heterocycles. The Morgan fingerprint density at radius 3 is 2.32 bits per heavy atom. The van der Waals surface area contributed by atoms with E-state index in [2.05, 4.69) is 0 Å². The van der Waals surface area contributed by atoms with E-state index < -0.39 is 10.0 Å². The first kappa shape index (κ1) is 32.0. The molecule has 1 aromatic carbocycles. The van der Waals surface area contributed by atoms with Gasteiger partial charge >= 0.3 is 0 Å². The molecule has 1 aliphatic heterocycles. The van der Waals surface area contributed by atoms with E-state index in [0.29, 0.717) is 47.1 Å². The molecule has 1 aromatic rings. The second-order valence-corrected chi connectivity index (χ2v) is 12.3. The van der Waals surface area contributed by atoms with Crippen LogP contribution < -0.4 is 4.74 Å². The number of rotatable bonds is 14. The first-order valence-corrected chi connectivity index (χ1v) is 14.7. The largest absolute Gasteiger partial charge is 0.497 e. The van der Waals surface area contributed by atoms with E-state index in [1.54, 1.807) is 38.1 Å². The molecule has 0 saturated carbocycles. The summed E-state index contributed by atoms with van der Waals surface area (Å²) in [5.41, 5.74) is 1.34. The van der Waals surface area contributed by atoms with Gasteiger partial charge in [0.2, 0.25) is 21.8 Å². The summed E-state index contributed by atoms with van der Waals surface area (Å²) in [6.07, 6.45) is 2.84. The smallest absolute Gasteiger partial charge is 0.248 e. The quantitative estimate of drug-likeness (QED) is 0.324. The fraction of sp³-hybridized carbons (Fsp3) is 0.704. The number of hydrogen-bond donors (Lipinski definition) is 0. The Kier molecular flexibility index (Phi) is 12.5. The highest BCUT2D eigenvalue weighted by Crippen LogP contribution is 2.28. The number of aryl methyl sites for hydroxylation is 2. The van der Waals surface area contributed by atoms with Crippen LogP contribution in [-0.4, -0.2) is 120 Å². The Labute approximate surface area is 228 Å². The van der Waals surface area contributed by atoms with Crippen LogP contribution in [0.4, 0.5) is 0 Å². The van der Waals surface area contributed by atoms with Crippen molar-refractivity contribution in [2.24, 2.45) is 5.92 Å². The van der Waals surface area contributed by atoms with E-state index in [1.807, 2.05) is 30.8 Å². The summed E-state index contributed by atoms with van der Waals surface area (Å²) in [7, 11) is 5.04. The summed E-state index contributed by atoms with van der Waals surface area (Å²) in [6, 6.07) is 3.48. The Morgan fingerprint density at radius 2 is 1.74 bits per heavy atom. The van der Waals surface area contributed by atoms with E-state index >= 15 is 0 Å². The minimum atomic E-state index is -3.72. The predicted molar refractivity (Wildman–Crippen MR) is 148 cm³/mol. The first-order chi connectivity index (χ1) is 17.9. The molecule has 11 heteroatoms. The molecule has 216 valence electrons. The third kappa shape index (κ3) is 8.93. The lowest BCUT2D eigenvalue weighted by Crippen LogP contribution is -2.43. The van der Waals surface area contributed by atoms with Crippen molar-refractivity contribution in [2.75, 3.05) is 81.2 Å². The Balaban J connectivity index is 1.77. The molecule has 1 aliphatic rings. The van der Waals surface area contributed by atoms with Gasteiger partial charge in [0.25, 0.3) is 0 Å². The van der Waals surface area contributed by atoms with Crippen LogP contribution in [0.5, 0.6) is 5.75 Å². The van der Waals surface area contributed by atoms with Gasteiger partial charge in [0, 0.05) is 53.2 Å². The SMILES string of the molecule is CCc1cc(OC)cc(C)c1S(=O)(=O)N(C)CCOCC(=O)N(C)CC1CCN(C(=O)CCN(C)C)CC1. The Hall–Kier alpha value is -2.21. The number of amides is 2. The van der Waals surface area contributed by atoms with Gasteiger partial charge in [-0.25, -0.2) is 8.42 Å². The maximum atomic E-state index is 13.2. The number of likely N-dealkylation sites (tertiary alicyclic amines) is 1. The van der Waals surface area contributed by atoms with Crippen LogP contribution in [-0.2, 0) is 30.8 Å². The fourth-order valence-corrected chi connectivity index (χ4v) is 6.26. The van der Waals surface area contributed by atoms with Crippen LogP contribution in [0.2, 0.25) is 0 Å². The summed E-state index contributed by atoms with van der Waals surface area (Å²) in [5.74, 6) is 1.03. The number of nitrogens with zero attached hydrogens (tertiary/aromatic N) is 4. The van der Waals surface area contributed by atoms with Crippen molar-refractivity contribution in [3.05, 3.63) is 23.3 Å². The molecule has 0 aliphatic carbocycles. The highest BCUT2D eigenvalue weighted by atomic mass is 32.2. The average molecular weight is 555 g/mol. The van der Waals surface area contributed by atoms with Gasteiger partial charge in [-0.1, -0.05) is 6.92 Å². The lowest BCUT2D eigenvalue weighted by molar-refractivity contribution is -0.137. The molecule has 0 unspecified atom stereocenters. The predicted octanol–water partition coefficient (Wildman–Crippen LogP) is 1.85. The highest BCUT2D eigenvalue weighted by molar-refractivity contribution is 7.89. The molecule has 0 spiro atoms. The second kappa shape index (κ2) is 14.8. The third-order valence-corrected chi connectivity index (χ3v) is 9.19. The third-order valence-electron chi connectivity index (χ3n) is 7.08. The fourth-order valence-electron chi connectivity index (χ4n) is 4.63. The van der Waals surface area contributed by atoms with Gasteiger partial charge in [0.05, 0.1) is 18.6 Å². The average Bonchev–Trinajstić information content (AvgIpc) is 2.88. The highest BCUT2D eigenvalue weighted by Gasteiger charge is 2.27. The maximum absolute atomic E-state index is 13.2.